The molecule has 0 amide bonds. The minimum absolute atomic E-state index is 0. The van der Waals surface area contributed by atoms with E-state index in [0.717, 1.165) is 12.5 Å². The third-order valence-electron chi connectivity index (χ3n) is 5.07. The summed E-state index contributed by atoms with van der Waals surface area (Å²) in [5, 5.41) is 3.28. The highest BCUT2D eigenvalue weighted by Crippen LogP contribution is 2.29. The second-order valence-electron chi connectivity index (χ2n) is 7.02. The van der Waals surface area contributed by atoms with Gasteiger partial charge in [-0.15, -0.1) is 24.0 Å². The molecule has 154 valence electrons. The molecule has 6 nitrogen and oxygen atoms in total. The predicted molar refractivity (Wildman–Crippen MR) is 122 cm³/mol. The number of hydrogen-bond donors (Lipinski definition) is 1. The van der Waals surface area contributed by atoms with E-state index in [-0.39, 0.29) is 30.5 Å². The number of aliphatic imine (C=N–C) groups is 1. The second kappa shape index (κ2) is 10.6. The lowest BCUT2D eigenvalue weighted by Crippen LogP contribution is -2.47. The molecule has 0 aromatic heterocycles. The van der Waals surface area contributed by atoms with Crippen molar-refractivity contribution in [2.75, 3.05) is 39.6 Å². The topological polar surface area (TPSA) is 71.0 Å². The Kier molecular flexibility index (Phi) is 9.50. The van der Waals surface area contributed by atoms with Gasteiger partial charge in [-0.05, 0) is 37.8 Å². The highest BCUT2D eigenvalue weighted by Gasteiger charge is 2.42. The number of sulfone groups is 1. The van der Waals surface area contributed by atoms with Crippen molar-refractivity contribution in [3.8, 4) is 0 Å². The van der Waals surface area contributed by atoms with Gasteiger partial charge in [0.2, 0.25) is 0 Å². The van der Waals surface area contributed by atoms with E-state index in [4.69, 9.17) is 9.73 Å². The molecule has 1 fully saturated rings. The molecule has 27 heavy (non-hydrogen) atoms. The molecule has 1 heterocycles. The average Bonchev–Trinajstić information content (AvgIpc) is 2.60. The standard InChI is InChI=1S/C19H31N3O3S.HI/c1-5-20-18(22(3)14-17-9-7-6-8-16(17)2)21-15-19(26(4,23)24)10-12-25-13-11-19;/h6-9H,5,10-15H2,1-4H3,(H,20,21);1H. The molecular weight excluding hydrogens is 477 g/mol. The van der Waals surface area contributed by atoms with Crippen molar-refractivity contribution in [2.45, 2.75) is 38.0 Å². The van der Waals surface area contributed by atoms with Crippen LogP contribution in [0.4, 0.5) is 0 Å². The Hall–Kier alpha value is -0.870. The maximum atomic E-state index is 12.4. The van der Waals surface area contributed by atoms with Crippen LogP contribution in [0, 0.1) is 6.92 Å². The Balaban J connectivity index is 0.00000364. The van der Waals surface area contributed by atoms with Gasteiger partial charge in [-0.2, -0.15) is 0 Å². The van der Waals surface area contributed by atoms with Gasteiger partial charge in [-0.1, -0.05) is 24.3 Å². The lowest BCUT2D eigenvalue weighted by Gasteiger charge is -2.34. The summed E-state index contributed by atoms with van der Waals surface area (Å²) < 4.78 is 29.4. The molecule has 1 aliphatic rings. The van der Waals surface area contributed by atoms with E-state index in [2.05, 4.69) is 24.4 Å². The van der Waals surface area contributed by atoms with E-state index >= 15 is 0 Å². The van der Waals surface area contributed by atoms with Crippen molar-refractivity contribution in [3.05, 3.63) is 35.4 Å². The fourth-order valence-electron chi connectivity index (χ4n) is 3.20. The summed E-state index contributed by atoms with van der Waals surface area (Å²) in [5.41, 5.74) is 2.46. The minimum atomic E-state index is -3.22. The minimum Gasteiger partial charge on any atom is -0.381 e. The molecule has 0 spiro atoms. The molecule has 1 N–H and O–H groups in total. The Morgan fingerprint density at radius 2 is 1.93 bits per heavy atom. The van der Waals surface area contributed by atoms with E-state index in [1.807, 2.05) is 31.0 Å². The number of rotatable bonds is 6. The zero-order chi connectivity index (χ0) is 19.2. The molecule has 0 atom stereocenters. The van der Waals surface area contributed by atoms with Crippen molar-refractivity contribution in [1.82, 2.24) is 10.2 Å². The van der Waals surface area contributed by atoms with Crippen LogP contribution in [0.2, 0.25) is 0 Å². The number of guanidine groups is 1. The Morgan fingerprint density at radius 1 is 1.30 bits per heavy atom. The molecule has 8 heteroatoms. The lowest BCUT2D eigenvalue weighted by atomic mass is 9.99. The Bertz CT molecular complexity index is 731. The smallest absolute Gasteiger partial charge is 0.194 e. The zero-order valence-electron chi connectivity index (χ0n) is 16.7. The van der Waals surface area contributed by atoms with Gasteiger partial charge in [0.25, 0.3) is 0 Å². The van der Waals surface area contributed by atoms with Gasteiger partial charge in [-0.3, -0.25) is 4.99 Å². The largest absolute Gasteiger partial charge is 0.381 e. The first kappa shape index (κ1) is 24.2. The fraction of sp³-hybridized carbons (Fsp3) is 0.632. The summed E-state index contributed by atoms with van der Waals surface area (Å²) in [7, 11) is -1.25. The van der Waals surface area contributed by atoms with Crippen molar-refractivity contribution < 1.29 is 13.2 Å². The molecule has 0 unspecified atom stereocenters. The molecule has 1 saturated heterocycles. The third kappa shape index (κ3) is 6.32. The number of halogens is 1. The average molecular weight is 509 g/mol. The highest BCUT2D eigenvalue weighted by molar-refractivity contribution is 14.0. The number of nitrogens with one attached hydrogen (secondary N) is 1. The molecule has 0 radical (unpaired) electrons. The molecule has 0 bridgehead atoms. The predicted octanol–water partition coefficient (Wildman–Crippen LogP) is 2.60. The van der Waals surface area contributed by atoms with Crippen LogP contribution >= 0.6 is 24.0 Å². The quantitative estimate of drug-likeness (QED) is 0.363. The van der Waals surface area contributed by atoms with Crippen LogP contribution in [0.25, 0.3) is 0 Å². The first-order chi connectivity index (χ1) is 12.3. The van der Waals surface area contributed by atoms with Gasteiger partial charge in [0.1, 0.15) is 0 Å². The Morgan fingerprint density at radius 3 is 2.48 bits per heavy atom. The van der Waals surface area contributed by atoms with E-state index in [1.54, 1.807) is 0 Å². The van der Waals surface area contributed by atoms with Crippen LogP contribution in [0.15, 0.2) is 29.3 Å². The van der Waals surface area contributed by atoms with Crippen LogP contribution in [0.5, 0.6) is 0 Å². The zero-order valence-corrected chi connectivity index (χ0v) is 19.8. The molecule has 0 aliphatic carbocycles. The summed E-state index contributed by atoms with van der Waals surface area (Å²) >= 11 is 0. The van der Waals surface area contributed by atoms with Crippen molar-refractivity contribution in [3.63, 3.8) is 0 Å². The monoisotopic (exact) mass is 509 g/mol. The van der Waals surface area contributed by atoms with Crippen LogP contribution in [-0.2, 0) is 21.1 Å². The highest BCUT2D eigenvalue weighted by atomic mass is 127. The molecular formula is C19H32IN3O3S. The van der Waals surface area contributed by atoms with E-state index < -0.39 is 14.6 Å². The molecule has 1 aromatic carbocycles. The third-order valence-corrected chi connectivity index (χ3v) is 7.18. The molecule has 1 aliphatic heterocycles. The van der Waals surface area contributed by atoms with Gasteiger partial charge in [0.05, 0.1) is 11.3 Å². The fourth-order valence-corrected chi connectivity index (χ4v) is 4.40. The molecule has 2 rings (SSSR count). The summed E-state index contributed by atoms with van der Waals surface area (Å²) in [6, 6.07) is 8.25. The maximum absolute atomic E-state index is 12.4. The van der Waals surface area contributed by atoms with E-state index in [1.165, 1.54) is 17.4 Å². The van der Waals surface area contributed by atoms with E-state index in [0.29, 0.717) is 32.6 Å². The van der Waals surface area contributed by atoms with Crippen LogP contribution in [0.1, 0.15) is 30.9 Å². The van der Waals surface area contributed by atoms with E-state index in [9.17, 15) is 8.42 Å². The lowest BCUT2D eigenvalue weighted by molar-refractivity contribution is 0.0767. The second-order valence-corrected chi connectivity index (χ2v) is 9.43. The van der Waals surface area contributed by atoms with Gasteiger partial charge in [0.15, 0.2) is 15.8 Å². The summed E-state index contributed by atoms with van der Waals surface area (Å²) in [6.07, 6.45) is 2.31. The number of ether oxygens (including phenoxy) is 1. The maximum Gasteiger partial charge on any atom is 0.194 e. The Labute approximate surface area is 180 Å². The summed E-state index contributed by atoms with van der Waals surface area (Å²) in [6.45, 7) is 6.75. The summed E-state index contributed by atoms with van der Waals surface area (Å²) in [4.78, 5) is 6.74. The van der Waals surface area contributed by atoms with Crippen molar-refractivity contribution >= 4 is 39.8 Å². The number of nitrogens with zero attached hydrogens (tertiary/aromatic N) is 2. The molecule has 1 aromatic rings. The van der Waals surface area contributed by atoms with Gasteiger partial charge in [-0.25, -0.2) is 8.42 Å². The molecule has 0 saturated carbocycles. The first-order valence-corrected chi connectivity index (χ1v) is 11.0. The normalized spacial score (nSPS) is 17.1. The number of hydrogen-bond acceptors (Lipinski definition) is 4. The van der Waals surface area contributed by atoms with Gasteiger partial charge < -0.3 is 15.0 Å². The SMILES string of the molecule is CCNC(=NCC1(S(C)(=O)=O)CCOCC1)N(C)Cc1ccccc1C.I. The van der Waals surface area contributed by atoms with Gasteiger partial charge >= 0.3 is 0 Å². The van der Waals surface area contributed by atoms with Crippen LogP contribution in [0.3, 0.4) is 0 Å². The van der Waals surface area contributed by atoms with Crippen molar-refractivity contribution in [2.24, 2.45) is 4.99 Å². The first-order valence-electron chi connectivity index (χ1n) is 9.10. The van der Waals surface area contributed by atoms with Crippen LogP contribution < -0.4 is 5.32 Å². The van der Waals surface area contributed by atoms with Crippen molar-refractivity contribution in [1.29, 1.82) is 0 Å². The number of benzene rings is 1. The summed E-state index contributed by atoms with van der Waals surface area (Å²) in [5.74, 6) is 0.727. The number of aryl methyl sites for hydroxylation is 1. The van der Waals surface area contributed by atoms with Crippen LogP contribution in [-0.4, -0.2) is 63.6 Å². The van der Waals surface area contributed by atoms with Gasteiger partial charge in [0, 0.05) is 39.6 Å².